The van der Waals surface area contributed by atoms with Crippen LogP contribution in [-0.2, 0) is 57.7 Å². The largest absolute Gasteiger partial charge is 0.550 e. The number of carbonyl (C=O) groups excluding carboxylic acids is 4. The van der Waals surface area contributed by atoms with Crippen LogP contribution in [0.25, 0.3) is 22.3 Å². The van der Waals surface area contributed by atoms with Gasteiger partial charge in [-0.2, -0.15) is 43.2 Å². The first-order valence-electron chi connectivity index (χ1n) is 36.1. The average Bonchev–Trinajstić information content (AvgIpc) is 0.801. The van der Waals surface area contributed by atoms with Gasteiger partial charge in [0.1, 0.15) is 77.6 Å². The van der Waals surface area contributed by atoms with Crippen molar-refractivity contribution >= 4 is 113 Å². The molecule has 6 aromatic rings. The lowest BCUT2D eigenvalue weighted by Gasteiger charge is -2.26. The zero-order chi connectivity index (χ0) is 89.1. The average molecular weight is 1790 g/mol. The number of carbonyl (C=O) groups is 4. The Morgan fingerprint density at radius 2 is 0.623 bits per heavy atom. The van der Waals surface area contributed by atoms with Gasteiger partial charge >= 0.3 is 67.4 Å². The number of allylic oxidation sites excluding steroid dienone is 18. The van der Waals surface area contributed by atoms with Gasteiger partial charge in [0, 0.05) is 63.9 Å². The van der Waals surface area contributed by atoms with Crippen molar-refractivity contribution in [3.8, 4) is 23.0 Å². The second-order valence-corrected chi connectivity index (χ2v) is 31.9. The summed E-state index contributed by atoms with van der Waals surface area (Å²) in [6, 6.07) is 41.3. The van der Waals surface area contributed by atoms with Gasteiger partial charge in [0.05, 0.1) is 26.2 Å². The molecule has 2 aliphatic carbocycles. The summed E-state index contributed by atoms with van der Waals surface area (Å²) in [7, 11) is 2.27. The molecule has 40 heteroatoms. The molecule has 648 valence electrons. The van der Waals surface area contributed by atoms with Crippen LogP contribution in [0.2, 0.25) is 0 Å². The van der Waals surface area contributed by atoms with E-state index in [1.54, 1.807) is 72.8 Å². The van der Waals surface area contributed by atoms with Gasteiger partial charge in [-0.3, -0.25) is 19.2 Å². The highest BCUT2D eigenvalue weighted by atomic mass is 32.2. The van der Waals surface area contributed by atoms with E-state index < -0.39 is 153 Å². The molecule has 8 bridgehead atoms. The Morgan fingerprint density at radius 1 is 0.361 bits per heavy atom. The SMILES string of the molecule is CN(C)c1ccc(/C2=C\C=CC(=C3C=CC(=[N+](C)C)C=C3)c3ccc(cc3)OCCN(SOOC(F)(F)F)C(=O)C(=O)N(S(=O)(=O)C(F)(F)F)CCOc3ccc2cc3)cc1.CN(C)c1ccc(/C2=C\C=CC(=C3C=CC(=[N+](C)C)C=C3)c3ccc(cc3)OCCN(SOOC(F)(F)F)C(=O)C(=O)N(S(=O)(=O)C(F)(F)F)CCOc3ccc2cc3)cc1. The molecule has 0 aromatic heterocycles. The molecule has 6 aromatic carbocycles. The normalized spacial score (nSPS) is 17.0. The van der Waals surface area contributed by atoms with Crippen molar-refractivity contribution in [3.05, 3.63) is 275 Å². The summed E-state index contributed by atoms with van der Waals surface area (Å²) >= 11 is -1.04. The van der Waals surface area contributed by atoms with E-state index in [9.17, 15) is 88.7 Å². The molecule has 0 saturated carbocycles. The number of amides is 4. The van der Waals surface area contributed by atoms with Gasteiger partial charge < -0.3 is 28.7 Å². The summed E-state index contributed by atoms with van der Waals surface area (Å²) < 4.78 is 242. The fourth-order valence-corrected chi connectivity index (χ4v) is 14.1. The summed E-state index contributed by atoms with van der Waals surface area (Å²) in [4.78, 5) is 63.3. The number of halogens is 12. The predicted octanol–water partition coefficient (Wildman–Crippen LogP) is 14.7. The number of hydrogen-bond acceptors (Lipinski definition) is 20. The van der Waals surface area contributed by atoms with Crippen molar-refractivity contribution in [2.45, 2.75) is 23.7 Å². The van der Waals surface area contributed by atoms with Crippen LogP contribution in [0.4, 0.5) is 64.1 Å². The fraction of sp³-hybridized carbons (Fsp3) is 0.244. The maximum Gasteiger partial charge on any atom is 0.550 e. The minimum absolute atomic E-state index is 0.0650. The molecule has 0 radical (unpaired) electrons. The third kappa shape index (κ3) is 25.7. The zero-order valence-corrected chi connectivity index (χ0v) is 69.1. The summed E-state index contributed by atoms with van der Waals surface area (Å²) in [5, 5.41) is 0. The highest BCUT2D eigenvalue weighted by Crippen LogP contribution is 2.37. The molecule has 14 rings (SSSR count). The molecule has 0 fully saturated rings. The fourth-order valence-electron chi connectivity index (χ4n) is 11.4. The molecule has 6 aliphatic heterocycles. The van der Waals surface area contributed by atoms with Crippen molar-refractivity contribution in [3.63, 3.8) is 0 Å². The van der Waals surface area contributed by atoms with Crippen molar-refractivity contribution in [1.82, 2.24) is 17.2 Å². The molecule has 6 heterocycles. The number of rotatable bonds is 12. The minimum atomic E-state index is -6.53. The maximum absolute atomic E-state index is 13.8. The highest BCUT2D eigenvalue weighted by Gasteiger charge is 2.55. The van der Waals surface area contributed by atoms with E-state index in [0.717, 1.165) is 78.5 Å². The molecule has 4 amide bonds. The molecule has 0 atom stereocenters. The number of nitrogens with zero attached hydrogens (tertiary/aromatic N) is 8. The molecule has 0 saturated heterocycles. The third-order valence-electron chi connectivity index (χ3n) is 17.7. The number of fused-ring (bicyclic) bond motifs is 4. The zero-order valence-electron chi connectivity index (χ0n) is 65.9. The Hall–Kier alpha value is -11.7. The van der Waals surface area contributed by atoms with E-state index in [1.807, 2.05) is 209 Å². The Morgan fingerprint density at radius 3 is 0.877 bits per heavy atom. The standard InChI is InChI=1S/2C41H39F6N4O8S2/c2*1-48(2)32-16-8-28(9-17-32)36-6-5-7-37(29-10-18-33(19-11-29)49(3)4)31-14-22-35(23-15-31)57-27-25-51(61(54,55)41(45,46)47)39(53)38(52)50(60-59-58-40(42,43)44)24-26-56-34-20-12-30(36)13-21-34/h2*5-23H,24-27H2,1-4H3/q2*+1. The van der Waals surface area contributed by atoms with Crippen LogP contribution in [0.1, 0.15) is 33.4 Å². The molecular formula is C82H78F12N8O16S4+2. The number of anilines is 2. The highest BCUT2D eigenvalue weighted by molar-refractivity contribution is 7.93. The van der Waals surface area contributed by atoms with Crippen molar-refractivity contribution < 1.29 is 135 Å². The van der Waals surface area contributed by atoms with Gasteiger partial charge in [-0.25, -0.2) is 26.4 Å². The van der Waals surface area contributed by atoms with Crippen LogP contribution in [0.15, 0.2) is 242 Å². The van der Waals surface area contributed by atoms with Crippen LogP contribution < -0.4 is 28.7 Å². The number of hydrogen-bond donors (Lipinski definition) is 0. The molecule has 8 aliphatic rings. The van der Waals surface area contributed by atoms with Crippen LogP contribution >= 0.6 is 24.5 Å². The lowest BCUT2D eigenvalue weighted by atomic mass is 9.94. The molecule has 0 N–H and O–H groups in total. The molecule has 0 unspecified atom stereocenters. The van der Waals surface area contributed by atoms with Crippen LogP contribution in [0.5, 0.6) is 23.0 Å². The van der Waals surface area contributed by atoms with E-state index in [4.69, 9.17) is 18.9 Å². The van der Waals surface area contributed by atoms with Crippen LogP contribution in [-0.4, -0.2) is 211 Å². The molecule has 122 heavy (non-hydrogen) atoms. The Balaban J connectivity index is 0.000000277. The topological polar surface area (TPSA) is 236 Å². The quantitative estimate of drug-likeness (QED) is 0.0210. The lowest BCUT2D eigenvalue weighted by molar-refractivity contribution is -0.462. The second-order valence-electron chi connectivity index (χ2n) is 26.8. The van der Waals surface area contributed by atoms with Crippen molar-refractivity contribution in [1.29, 1.82) is 0 Å². The van der Waals surface area contributed by atoms with Gasteiger partial charge in [0.15, 0.2) is 35.9 Å². The van der Waals surface area contributed by atoms with E-state index in [1.165, 1.54) is 24.3 Å². The Kier molecular flexibility index (Phi) is 31.9. The summed E-state index contributed by atoms with van der Waals surface area (Å²) in [5.41, 5.74) is 1.19. The van der Waals surface area contributed by atoms with E-state index >= 15 is 0 Å². The van der Waals surface area contributed by atoms with Crippen molar-refractivity contribution in [2.24, 2.45) is 0 Å². The van der Waals surface area contributed by atoms with Gasteiger partial charge in [-0.05, 0) is 164 Å². The van der Waals surface area contributed by atoms with Gasteiger partial charge in [0.25, 0.3) is 0 Å². The monoisotopic (exact) mass is 1790 g/mol. The van der Waals surface area contributed by atoms with Crippen LogP contribution in [0.3, 0.4) is 0 Å². The maximum atomic E-state index is 13.8. The number of benzene rings is 6. The lowest BCUT2D eigenvalue weighted by Crippen LogP contribution is -2.51. The number of alkyl halides is 12. The third-order valence-corrected chi connectivity index (χ3v) is 22.0. The molecule has 0 spiro atoms. The molecular weight excluding hydrogens is 1710 g/mol. The summed E-state index contributed by atoms with van der Waals surface area (Å²) in [6.45, 7) is -7.08. The molecule has 24 nitrogen and oxygen atoms in total. The summed E-state index contributed by atoms with van der Waals surface area (Å²) in [5.74, 6) is -8.04. The predicted molar refractivity (Wildman–Crippen MR) is 435 cm³/mol. The first-order chi connectivity index (χ1) is 57.5. The van der Waals surface area contributed by atoms with Gasteiger partial charge in [-0.15, -0.1) is 44.8 Å². The van der Waals surface area contributed by atoms with E-state index in [0.29, 0.717) is 11.1 Å². The Bertz CT molecular complexity index is 5040. The Labute approximate surface area is 702 Å². The van der Waals surface area contributed by atoms with Crippen molar-refractivity contribution in [2.75, 3.05) is 119 Å². The number of sulfonamides is 2. The summed E-state index contributed by atoms with van der Waals surface area (Å²) in [6.07, 6.45) is 16.4. The van der Waals surface area contributed by atoms with E-state index in [2.05, 4.69) is 18.4 Å². The van der Waals surface area contributed by atoms with Gasteiger partial charge in [-0.1, -0.05) is 109 Å². The van der Waals surface area contributed by atoms with Gasteiger partial charge in [0.2, 0.25) is 0 Å². The first-order valence-corrected chi connectivity index (χ1v) is 40.4. The first kappa shape index (κ1) is 94.2. The number of ether oxygens (including phenoxy) is 4. The smallest absolute Gasteiger partial charge is 0.492 e. The van der Waals surface area contributed by atoms with E-state index in [-0.39, 0.29) is 31.6 Å². The second kappa shape index (κ2) is 41.3. The van der Waals surface area contributed by atoms with Crippen LogP contribution in [0, 0.1) is 0 Å². The minimum Gasteiger partial charge on any atom is -0.492 e.